The predicted octanol–water partition coefficient (Wildman–Crippen LogP) is 3.36. The standard InChI is InChI=1S/C11H23ClOSi/c1-14(2)11(7-3-5-9-12)8-4-6-10-13-11/h14H,3-10H2,1-2H3. The van der Waals surface area contributed by atoms with Crippen molar-refractivity contribution in [2.24, 2.45) is 0 Å². The first kappa shape index (κ1) is 12.5. The van der Waals surface area contributed by atoms with Crippen LogP contribution in [0.3, 0.4) is 0 Å². The van der Waals surface area contributed by atoms with Gasteiger partial charge in [0.15, 0.2) is 0 Å². The van der Waals surface area contributed by atoms with E-state index in [2.05, 4.69) is 13.1 Å². The Balaban J connectivity index is 2.43. The number of rotatable bonds is 5. The summed E-state index contributed by atoms with van der Waals surface area (Å²) in [5.74, 6) is 0.801. The van der Waals surface area contributed by atoms with Crippen molar-refractivity contribution < 1.29 is 4.74 Å². The van der Waals surface area contributed by atoms with Crippen molar-refractivity contribution in [3.63, 3.8) is 0 Å². The summed E-state index contributed by atoms with van der Waals surface area (Å²) in [7, 11) is -0.696. The van der Waals surface area contributed by atoms with Gasteiger partial charge < -0.3 is 4.74 Å². The lowest BCUT2D eigenvalue weighted by Crippen LogP contribution is -2.47. The summed E-state index contributed by atoms with van der Waals surface area (Å²) in [6.45, 7) is 5.84. The third-order valence-corrected chi connectivity index (χ3v) is 6.54. The van der Waals surface area contributed by atoms with E-state index < -0.39 is 8.80 Å². The number of ether oxygens (including phenoxy) is 1. The van der Waals surface area contributed by atoms with Crippen molar-refractivity contribution in [1.29, 1.82) is 0 Å². The molecular weight excluding hydrogens is 212 g/mol. The Morgan fingerprint density at radius 1 is 1.29 bits per heavy atom. The van der Waals surface area contributed by atoms with Gasteiger partial charge in [0.05, 0.1) is 14.0 Å². The Labute approximate surface area is 94.8 Å². The zero-order valence-electron chi connectivity index (χ0n) is 9.52. The second-order valence-electron chi connectivity index (χ2n) is 4.67. The summed E-state index contributed by atoms with van der Waals surface area (Å²) < 4.78 is 6.09. The number of alkyl halides is 1. The Morgan fingerprint density at radius 3 is 2.57 bits per heavy atom. The molecule has 0 aromatic rings. The summed E-state index contributed by atoms with van der Waals surface area (Å²) in [5.41, 5.74) is 0. The fraction of sp³-hybridized carbons (Fsp3) is 1.00. The zero-order chi connectivity index (χ0) is 10.4. The molecule has 1 aliphatic rings. The van der Waals surface area contributed by atoms with Gasteiger partial charge in [-0.3, -0.25) is 0 Å². The van der Waals surface area contributed by atoms with E-state index in [0.29, 0.717) is 5.22 Å². The topological polar surface area (TPSA) is 9.23 Å². The van der Waals surface area contributed by atoms with Crippen LogP contribution in [-0.2, 0) is 4.74 Å². The Morgan fingerprint density at radius 2 is 2.07 bits per heavy atom. The minimum Gasteiger partial charge on any atom is -0.379 e. The molecule has 1 aliphatic heterocycles. The molecule has 14 heavy (non-hydrogen) atoms. The summed E-state index contributed by atoms with van der Waals surface area (Å²) in [6.07, 6.45) is 7.58. The molecule has 0 spiro atoms. The van der Waals surface area contributed by atoms with E-state index >= 15 is 0 Å². The summed E-state index contributed by atoms with van der Waals surface area (Å²) in [5, 5.41) is 0.310. The molecule has 1 atom stereocenters. The molecule has 0 amide bonds. The van der Waals surface area contributed by atoms with Gasteiger partial charge in [-0.05, 0) is 38.5 Å². The number of halogens is 1. The second-order valence-corrected chi connectivity index (χ2v) is 8.41. The molecule has 0 aromatic carbocycles. The van der Waals surface area contributed by atoms with E-state index in [0.717, 1.165) is 18.9 Å². The van der Waals surface area contributed by atoms with Gasteiger partial charge in [0, 0.05) is 12.5 Å². The predicted molar refractivity (Wildman–Crippen MR) is 66.0 cm³/mol. The fourth-order valence-corrected chi connectivity index (χ4v) is 4.54. The highest BCUT2D eigenvalue weighted by atomic mass is 35.5. The molecule has 1 saturated heterocycles. The van der Waals surface area contributed by atoms with Crippen molar-refractivity contribution in [2.75, 3.05) is 12.5 Å². The van der Waals surface area contributed by atoms with E-state index in [1.807, 2.05) is 0 Å². The molecule has 1 heterocycles. The van der Waals surface area contributed by atoms with Crippen molar-refractivity contribution in [2.45, 2.75) is 56.8 Å². The normalized spacial score (nSPS) is 28.3. The largest absolute Gasteiger partial charge is 0.379 e. The molecule has 0 bridgehead atoms. The van der Waals surface area contributed by atoms with Gasteiger partial charge in [-0.25, -0.2) is 0 Å². The maximum Gasteiger partial charge on any atom is 0.0695 e. The summed E-state index contributed by atoms with van der Waals surface area (Å²) in [6, 6.07) is 0. The quantitative estimate of drug-likeness (QED) is 0.403. The average Bonchev–Trinajstić information content (AvgIpc) is 2.19. The minimum absolute atomic E-state index is 0.310. The van der Waals surface area contributed by atoms with E-state index in [9.17, 15) is 0 Å². The van der Waals surface area contributed by atoms with Crippen LogP contribution in [0.15, 0.2) is 0 Å². The molecule has 1 fully saturated rings. The molecule has 0 radical (unpaired) electrons. The van der Waals surface area contributed by atoms with Crippen LogP contribution >= 0.6 is 11.6 Å². The van der Waals surface area contributed by atoms with Gasteiger partial charge in [0.2, 0.25) is 0 Å². The lowest BCUT2D eigenvalue weighted by Gasteiger charge is -2.40. The summed E-state index contributed by atoms with van der Waals surface area (Å²) >= 11 is 5.71. The van der Waals surface area contributed by atoms with Crippen molar-refractivity contribution >= 4 is 20.4 Å². The van der Waals surface area contributed by atoms with Crippen LogP contribution in [0.4, 0.5) is 0 Å². The van der Waals surface area contributed by atoms with Gasteiger partial charge in [0.1, 0.15) is 0 Å². The Hall–Kier alpha value is 0.467. The highest BCUT2D eigenvalue weighted by Crippen LogP contribution is 2.32. The maximum atomic E-state index is 6.09. The monoisotopic (exact) mass is 234 g/mol. The summed E-state index contributed by atoms with van der Waals surface area (Å²) in [4.78, 5) is 0. The van der Waals surface area contributed by atoms with Gasteiger partial charge in [-0.15, -0.1) is 11.6 Å². The first-order valence-electron chi connectivity index (χ1n) is 5.91. The van der Waals surface area contributed by atoms with Crippen LogP contribution in [-0.4, -0.2) is 26.5 Å². The van der Waals surface area contributed by atoms with Crippen LogP contribution < -0.4 is 0 Å². The van der Waals surface area contributed by atoms with Gasteiger partial charge >= 0.3 is 0 Å². The van der Waals surface area contributed by atoms with Crippen LogP contribution in [0.25, 0.3) is 0 Å². The van der Waals surface area contributed by atoms with Crippen molar-refractivity contribution in [3.8, 4) is 0 Å². The molecular formula is C11H23ClOSi. The number of unbranched alkanes of at least 4 members (excludes halogenated alkanes) is 1. The van der Waals surface area contributed by atoms with E-state index in [-0.39, 0.29) is 0 Å². The zero-order valence-corrected chi connectivity index (χ0v) is 11.4. The first-order chi connectivity index (χ1) is 6.71. The molecule has 0 N–H and O–H groups in total. The smallest absolute Gasteiger partial charge is 0.0695 e. The first-order valence-corrected chi connectivity index (χ1v) is 9.33. The molecule has 1 nitrogen and oxygen atoms in total. The van der Waals surface area contributed by atoms with E-state index in [4.69, 9.17) is 16.3 Å². The molecule has 1 rings (SSSR count). The SMILES string of the molecule is C[SiH](C)C1(CCCCCl)CCCCO1. The average molecular weight is 235 g/mol. The molecule has 1 unspecified atom stereocenters. The number of hydrogen-bond acceptors (Lipinski definition) is 1. The lowest BCUT2D eigenvalue weighted by atomic mass is 10.0. The Kier molecular flexibility index (Phi) is 5.50. The third kappa shape index (κ3) is 3.25. The highest BCUT2D eigenvalue weighted by Gasteiger charge is 2.36. The minimum atomic E-state index is -0.696. The third-order valence-electron chi connectivity index (χ3n) is 3.42. The van der Waals surface area contributed by atoms with Crippen molar-refractivity contribution in [3.05, 3.63) is 0 Å². The Bertz CT molecular complexity index is 155. The van der Waals surface area contributed by atoms with Crippen LogP contribution in [0, 0.1) is 0 Å². The fourth-order valence-electron chi connectivity index (χ4n) is 2.33. The van der Waals surface area contributed by atoms with Crippen LogP contribution in [0.1, 0.15) is 38.5 Å². The molecule has 0 aromatic heterocycles. The van der Waals surface area contributed by atoms with Crippen LogP contribution in [0.2, 0.25) is 13.1 Å². The second kappa shape index (κ2) is 6.14. The molecule has 0 aliphatic carbocycles. The lowest BCUT2D eigenvalue weighted by molar-refractivity contribution is -0.0289. The molecule has 84 valence electrons. The van der Waals surface area contributed by atoms with Crippen LogP contribution in [0.5, 0.6) is 0 Å². The van der Waals surface area contributed by atoms with Gasteiger partial charge in [-0.2, -0.15) is 0 Å². The van der Waals surface area contributed by atoms with E-state index in [1.165, 1.54) is 32.1 Å². The molecule has 3 heteroatoms. The van der Waals surface area contributed by atoms with Gasteiger partial charge in [-0.1, -0.05) is 13.1 Å². The highest BCUT2D eigenvalue weighted by molar-refractivity contribution is 6.59. The van der Waals surface area contributed by atoms with Crippen molar-refractivity contribution in [1.82, 2.24) is 0 Å². The maximum absolute atomic E-state index is 6.09. The molecule has 0 saturated carbocycles. The van der Waals surface area contributed by atoms with Gasteiger partial charge in [0.25, 0.3) is 0 Å². The number of hydrogen-bond donors (Lipinski definition) is 0. The van der Waals surface area contributed by atoms with E-state index in [1.54, 1.807) is 0 Å².